The van der Waals surface area contributed by atoms with Crippen molar-refractivity contribution in [3.8, 4) is 0 Å². The number of nitrogens with one attached hydrogen (secondary N) is 2. The molecule has 3 heterocycles. The van der Waals surface area contributed by atoms with Gasteiger partial charge in [-0.05, 0) is 11.4 Å². The molecule has 0 saturated heterocycles. The molecule has 2 aromatic rings. The number of aromatic nitrogens is 2. The van der Waals surface area contributed by atoms with Gasteiger partial charge in [0.2, 0.25) is 0 Å². The molecule has 2 aromatic heterocycles. The maximum absolute atomic E-state index is 11.9. The molecule has 0 aliphatic carbocycles. The number of carbonyl (C=O) groups is 1. The number of H-pyrrole nitrogens is 1. The normalized spacial score (nSPS) is 18.0. The number of hydrogen-bond donors (Lipinski definition) is 2. The molecule has 0 fully saturated rings. The summed E-state index contributed by atoms with van der Waals surface area (Å²) in [4.78, 5) is 20.4. The molecule has 0 bridgehead atoms. The Morgan fingerprint density at radius 1 is 1.58 bits per heavy atom. The van der Waals surface area contributed by atoms with Crippen molar-refractivity contribution in [2.24, 2.45) is 0 Å². The number of fused-ring (bicyclic) bond motifs is 1. The first-order valence-electron chi connectivity index (χ1n) is 6.26. The number of aromatic amines is 1. The SMILES string of the molecule is O=C(OCCc1cccs1)C1Cc2nc[nH]c2CN1. The zero-order valence-corrected chi connectivity index (χ0v) is 11.2. The second-order valence-corrected chi connectivity index (χ2v) is 5.49. The van der Waals surface area contributed by atoms with Gasteiger partial charge in [0.05, 0.1) is 24.3 Å². The van der Waals surface area contributed by atoms with Crippen LogP contribution in [0.15, 0.2) is 23.8 Å². The second kappa shape index (κ2) is 5.54. The van der Waals surface area contributed by atoms with E-state index >= 15 is 0 Å². The molecule has 3 rings (SSSR count). The number of rotatable bonds is 4. The maximum atomic E-state index is 11.9. The highest BCUT2D eigenvalue weighted by molar-refractivity contribution is 7.09. The number of hydrogen-bond acceptors (Lipinski definition) is 5. The summed E-state index contributed by atoms with van der Waals surface area (Å²) in [6.07, 6.45) is 3.04. The van der Waals surface area contributed by atoms with Gasteiger partial charge in [-0.25, -0.2) is 4.98 Å². The lowest BCUT2D eigenvalue weighted by Gasteiger charge is -2.21. The van der Waals surface area contributed by atoms with Crippen LogP contribution in [-0.4, -0.2) is 28.6 Å². The van der Waals surface area contributed by atoms with Gasteiger partial charge in [-0.1, -0.05) is 6.07 Å². The van der Waals surface area contributed by atoms with Crippen LogP contribution in [0.2, 0.25) is 0 Å². The van der Waals surface area contributed by atoms with E-state index < -0.39 is 0 Å². The number of carbonyl (C=O) groups excluding carboxylic acids is 1. The largest absolute Gasteiger partial charge is 0.464 e. The molecule has 1 aliphatic heterocycles. The van der Waals surface area contributed by atoms with Crippen LogP contribution >= 0.6 is 11.3 Å². The summed E-state index contributed by atoms with van der Waals surface area (Å²) in [5.41, 5.74) is 2.02. The van der Waals surface area contributed by atoms with Crippen LogP contribution in [0.4, 0.5) is 0 Å². The van der Waals surface area contributed by atoms with Crippen molar-refractivity contribution < 1.29 is 9.53 Å². The molecular weight excluding hydrogens is 262 g/mol. The van der Waals surface area contributed by atoms with Crippen molar-refractivity contribution >= 4 is 17.3 Å². The molecule has 0 spiro atoms. The third kappa shape index (κ3) is 2.85. The second-order valence-electron chi connectivity index (χ2n) is 4.46. The lowest BCUT2D eigenvalue weighted by molar-refractivity contribution is -0.146. The highest BCUT2D eigenvalue weighted by Gasteiger charge is 2.26. The van der Waals surface area contributed by atoms with Crippen LogP contribution in [0.25, 0.3) is 0 Å². The molecule has 100 valence electrons. The molecular formula is C13H15N3O2S. The number of imidazole rings is 1. The fraction of sp³-hybridized carbons (Fsp3) is 0.385. The highest BCUT2D eigenvalue weighted by Crippen LogP contribution is 2.13. The van der Waals surface area contributed by atoms with Crippen molar-refractivity contribution in [3.05, 3.63) is 40.1 Å². The average molecular weight is 277 g/mol. The van der Waals surface area contributed by atoms with E-state index in [0.29, 0.717) is 19.6 Å². The van der Waals surface area contributed by atoms with Crippen LogP contribution in [-0.2, 0) is 28.9 Å². The van der Waals surface area contributed by atoms with Gasteiger partial charge in [0, 0.05) is 24.3 Å². The molecule has 6 heteroatoms. The number of esters is 1. The quantitative estimate of drug-likeness (QED) is 0.826. The summed E-state index contributed by atoms with van der Waals surface area (Å²) < 4.78 is 5.31. The summed E-state index contributed by atoms with van der Waals surface area (Å²) >= 11 is 1.68. The van der Waals surface area contributed by atoms with Crippen LogP contribution in [0.3, 0.4) is 0 Å². The molecule has 1 unspecified atom stereocenters. The van der Waals surface area contributed by atoms with Gasteiger partial charge in [0.25, 0.3) is 0 Å². The van der Waals surface area contributed by atoms with E-state index in [9.17, 15) is 4.79 Å². The summed E-state index contributed by atoms with van der Waals surface area (Å²) in [5.74, 6) is -0.190. The topological polar surface area (TPSA) is 67.0 Å². The first kappa shape index (κ1) is 12.4. The lowest BCUT2D eigenvalue weighted by atomic mass is 10.1. The minimum atomic E-state index is -0.279. The Hall–Kier alpha value is -1.66. The van der Waals surface area contributed by atoms with Gasteiger partial charge in [-0.15, -0.1) is 11.3 Å². The van der Waals surface area contributed by atoms with Crippen molar-refractivity contribution in [2.45, 2.75) is 25.4 Å². The van der Waals surface area contributed by atoms with Gasteiger partial charge in [0.1, 0.15) is 6.04 Å². The standard InChI is InChI=1S/C13H15N3O2S/c17-13(18-4-3-9-2-1-5-19-9)11-6-10-12(7-14-11)16-8-15-10/h1-2,5,8,11,14H,3-4,6-7H2,(H,15,16). The fourth-order valence-electron chi connectivity index (χ4n) is 2.14. The minimum Gasteiger partial charge on any atom is -0.464 e. The van der Waals surface area contributed by atoms with E-state index in [4.69, 9.17) is 4.74 Å². The van der Waals surface area contributed by atoms with Gasteiger partial charge in [-0.3, -0.25) is 10.1 Å². The predicted octanol–water partition coefficient (Wildman–Crippen LogP) is 1.27. The Balaban J connectivity index is 1.49. The molecule has 1 aliphatic rings. The minimum absolute atomic E-state index is 0.190. The monoisotopic (exact) mass is 277 g/mol. The molecule has 0 saturated carbocycles. The van der Waals surface area contributed by atoms with E-state index in [-0.39, 0.29) is 12.0 Å². The Morgan fingerprint density at radius 3 is 3.37 bits per heavy atom. The van der Waals surface area contributed by atoms with E-state index in [1.807, 2.05) is 17.5 Å². The third-order valence-electron chi connectivity index (χ3n) is 3.19. The number of thiophene rings is 1. The van der Waals surface area contributed by atoms with Crippen molar-refractivity contribution in [1.29, 1.82) is 0 Å². The molecule has 0 radical (unpaired) electrons. The first-order valence-corrected chi connectivity index (χ1v) is 7.14. The number of nitrogens with zero attached hydrogens (tertiary/aromatic N) is 1. The Morgan fingerprint density at radius 2 is 2.53 bits per heavy atom. The average Bonchev–Trinajstić information content (AvgIpc) is 3.08. The predicted molar refractivity (Wildman–Crippen MR) is 71.9 cm³/mol. The zero-order valence-electron chi connectivity index (χ0n) is 10.4. The Bertz CT molecular complexity index is 550. The van der Waals surface area contributed by atoms with Crippen LogP contribution < -0.4 is 5.32 Å². The summed E-state index contributed by atoms with van der Waals surface area (Å²) in [5, 5.41) is 5.19. The summed E-state index contributed by atoms with van der Waals surface area (Å²) in [6, 6.07) is 3.77. The first-order chi connectivity index (χ1) is 9.33. The van der Waals surface area contributed by atoms with E-state index in [1.165, 1.54) is 4.88 Å². The molecule has 2 N–H and O–H groups in total. The molecule has 1 atom stereocenters. The molecule has 5 nitrogen and oxygen atoms in total. The van der Waals surface area contributed by atoms with Crippen LogP contribution in [0, 0.1) is 0 Å². The van der Waals surface area contributed by atoms with Crippen molar-refractivity contribution in [3.63, 3.8) is 0 Å². The number of ether oxygens (including phenoxy) is 1. The highest BCUT2D eigenvalue weighted by atomic mass is 32.1. The van der Waals surface area contributed by atoms with E-state index in [0.717, 1.165) is 17.8 Å². The Kier molecular flexibility index (Phi) is 3.61. The molecule has 19 heavy (non-hydrogen) atoms. The van der Waals surface area contributed by atoms with Gasteiger partial charge in [0.15, 0.2) is 0 Å². The summed E-state index contributed by atoms with van der Waals surface area (Å²) in [6.45, 7) is 1.07. The lowest BCUT2D eigenvalue weighted by Crippen LogP contribution is -2.43. The smallest absolute Gasteiger partial charge is 0.323 e. The van der Waals surface area contributed by atoms with E-state index in [1.54, 1.807) is 17.7 Å². The molecule has 0 aromatic carbocycles. The van der Waals surface area contributed by atoms with Gasteiger partial charge >= 0.3 is 5.97 Å². The van der Waals surface area contributed by atoms with Crippen LogP contribution in [0.5, 0.6) is 0 Å². The van der Waals surface area contributed by atoms with Crippen LogP contribution in [0.1, 0.15) is 16.3 Å². The van der Waals surface area contributed by atoms with Gasteiger partial charge < -0.3 is 9.72 Å². The zero-order chi connectivity index (χ0) is 13.1. The summed E-state index contributed by atoms with van der Waals surface area (Å²) in [7, 11) is 0. The van der Waals surface area contributed by atoms with Crippen molar-refractivity contribution in [2.75, 3.05) is 6.61 Å². The molecule has 0 amide bonds. The third-order valence-corrected chi connectivity index (χ3v) is 4.12. The Labute approximate surface area is 115 Å². The van der Waals surface area contributed by atoms with Gasteiger partial charge in [-0.2, -0.15) is 0 Å². The van der Waals surface area contributed by atoms with Crippen molar-refractivity contribution in [1.82, 2.24) is 15.3 Å². The maximum Gasteiger partial charge on any atom is 0.323 e. The fourth-order valence-corrected chi connectivity index (χ4v) is 2.83. The van der Waals surface area contributed by atoms with E-state index in [2.05, 4.69) is 15.3 Å².